The second kappa shape index (κ2) is 5.28. The normalized spacial score (nSPS) is 19.9. The number of hydrogen-bond acceptors (Lipinski definition) is 6. The number of aryl methyl sites for hydroxylation is 1. The number of aromatic nitrogens is 2. The summed E-state index contributed by atoms with van der Waals surface area (Å²) in [6, 6.07) is 0. The molecule has 1 aromatic heterocycles. The van der Waals surface area contributed by atoms with Crippen molar-refractivity contribution < 1.29 is 9.84 Å². The maximum Gasteiger partial charge on any atom is 0.143 e. The van der Waals surface area contributed by atoms with Crippen molar-refractivity contribution in [2.45, 2.75) is 13.0 Å². The number of nitrogen functional groups attached to an aromatic ring is 1. The largest absolute Gasteiger partial charge is 0.394 e. The minimum atomic E-state index is -0.228. The Kier molecular flexibility index (Phi) is 3.73. The van der Waals surface area contributed by atoms with Crippen molar-refractivity contribution in [2.24, 2.45) is 5.73 Å². The second-order valence-electron chi connectivity index (χ2n) is 4.19. The first-order valence-corrected chi connectivity index (χ1v) is 5.77. The molecule has 0 bridgehead atoms. The van der Waals surface area contributed by atoms with Crippen molar-refractivity contribution in [2.75, 3.05) is 31.2 Å². The molecule has 2 rings (SSSR count). The van der Waals surface area contributed by atoms with Crippen LogP contribution in [-0.4, -0.2) is 53.3 Å². The molecular weight excluding hydrogens is 234 g/mol. The molecule has 1 aromatic rings. The van der Waals surface area contributed by atoms with Gasteiger partial charge in [-0.2, -0.15) is 0 Å². The zero-order valence-electron chi connectivity index (χ0n) is 10.3. The van der Waals surface area contributed by atoms with E-state index in [0.717, 1.165) is 0 Å². The molecule has 98 valence electrons. The summed E-state index contributed by atoms with van der Waals surface area (Å²) < 4.78 is 5.39. The highest BCUT2D eigenvalue weighted by atomic mass is 16.5. The van der Waals surface area contributed by atoms with Crippen molar-refractivity contribution in [3.8, 4) is 0 Å². The number of rotatable bonds is 3. The van der Waals surface area contributed by atoms with Crippen molar-refractivity contribution in [3.63, 3.8) is 0 Å². The van der Waals surface area contributed by atoms with E-state index in [1.54, 1.807) is 13.1 Å². The van der Waals surface area contributed by atoms with E-state index in [9.17, 15) is 0 Å². The third-order valence-corrected chi connectivity index (χ3v) is 2.82. The molecule has 1 unspecified atom stereocenters. The van der Waals surface area contributed by atoms with Gasteiger partial charge in [-0.1, -0.05) is 0 Å². The first-order valence-electron chi connectivity index (χ1n) is 5.77. The monoisotopic (exact) mass is 251 g/mol. The predicted molar refractivity (Wildman–Crippen MR) is 66.8 cm³/mol. The third kappa shape index (κ3) is 2.57. The van der Waals surface area contributed by atoms with Crippen LogP contribution in [-0.2, 0) is 4.74 Å². The van der Waals surface area contributed by atoms with Crippen LogP contribution in [0.1, 0.15) is 11.4 Å². The number of hydrogen-bond donors (Lipinski definition) is 3. The van der Waals surface area contributed by atoms with E-state index < -0.39 is 0 Å². The van der Waals surface area contributed by atoms with Crippen molar-refractivity contribution in [3.05, 3.63) is 17.6 Å². The number of anilines is 1. The van der Waals surface area contributed by atoms with E-state index >= 15 is 0 Å². The van der Waals surface area contributed by atoms with E-state index in [2.05, 4.69) is 9.97 Å². The molecule has 7 nitrogen and oxygen atoms in total. The van der Waals surface area contributed by atoms with Crippen LogP contribution >= 0.6 is 0 Å². The number of nitrogens with one attached hydrogen (secondary N) is 1. The molecule has 1 aliphatic heterocycles. The van der Waals surface area contributed by atoms with E-state index in [1.165, 1.54) is 0 Å². The first kappa shape index (κ1) is 12.7. The van der Waals surface area contributed by atoms with Gasteiger partial charge in [0.25, 0.3) is 0 Å². The number of amidine groups is 1. The van der Waals surface area contributed by atoms with Gasteiger partial charge in [-0.25, -0.2) is 9.97 Å². The molecule has 1 saturated heterocycles. The summed E-state index contributed by atoms with van der Waals surface area (Å²) in [5, 5.41) is 16.7. The van der Waals surface area contributed by atoms with E-state index in [-0.39, 0.29) is 18.5 Å². The van der Waals surface area contributed by atoms with Gasteiger partial charge in [0.1, 0.15) is 17.5 Å². The molecule has 18 heavy (non-hydrogen) atoms. The minimum Gasteiger partial charge on any atom is -0.394 e. The van der Waals surface area contributed by atoms with Crippen LogP contribution in [0.5, 0.6) is 0 Å². The van der Waals surface area contributed by atoms with Crippen molar-refractivity contribution >= 4 is 11.7 Å². The highest BCUT2D eigenvalue weighted by Crippen LogP contribution is 2.19. The number of aliphatic hydroxyl groups is 1. The predicted octanol–water partition coefficient (Wildman–Crippen LogP) is -0.733. The van der Waals surface area contributed by atoms with Crippen LogP contribution in [0, 0.1) is 12.3 Å². The molecule has 0 spiro atoms. The van der Waals surface area contributed by atoms with Crippen LogP contribution in [0.25, 0.3) is 0 Å². The summed E-state index contributed by atoms with van der Waals surface area (Å²) in [6.07, 6.45) is 1.33. The number of nitrogens with zero attached hydrogens (tertiary/aromatic N) is 3. The Balaban J connectivity index is 2.31. The van der Waals surface area contributed by atoms with Crippen LogP contribution in [0.3, 0.4) is 0 Å². The quantitative estimate of drug-likeness (QED) is 0.482. The van der Waals surface area contributed by atoms with Gasteiger partial charge in [0.15, 0.2) is 0 Å². The summed E-state index contributed by atoms with van der Waals surface area (Å²) in [4.78, 5) is 10.4. The maximum atomic E-state index is 9.14. The summed E-state index contributed by atoms with van der Waals surface area (Å²) in [6.45, 7) is 3.47. The number of morpholine rings is 1. The van der Waals surface area contributed by atoms with Crippen LogP contribution < -0.4 is 10.6 Å². The molecule has 7 heteroatoms. The molecule has 1 aliphatic rings. The fourth-order valence-electron chi connectivity index (χ4n) is 1.91. The van der Waals surface area contributed by atoms with Gasteiger partial charge < -0.3 is 20.5 Å². The Hall–Kier alpha value is -1.73. The third-order valence-electron chi connectivity index (χ3n) is 2.82. The Morgan fingerprint density at radius 3 is 3.17 bits per heavy atom. The highest BCUT2D eigenvalue weighted by molar-refractivity contribution is 5.99. The van der Waals surface area contributed by atoms with Gasteiger partial charge in [0, 0.05) is 19.3 Å². The van der Waals surface area contributed by atoms with Crippen molar-refractivity contribution in [1.82, 2.24) is 9.97 Å². The molecule has 0 amide bonds. The van der Waals surface area contributed by atoms with Crippen LogP contribution in [0.2, 0.25) is 0 Å². The highest BCUT2D eigenvalue weighted by Gasteiger charge is 2.23. The Labute approximate surface area is 105 Å². The lowest BCUT2D eigenvalue weighted by Gasteiger charge is -2.33. The van der Waals surface area contributed by atoms with E-state index in [1.807, 2.05) is 4.90 Å². The molecule has 4 N–H and O–H groups in total. The fraction of sp³-hybridized carbons (Fsp3) is 0.545. The molecule has 1 fully saturated rings. The molecular formula is C11H17N5O2. The summed E-state index contributed by atoms with van der Waals surface area (Å²) in [7, 11) is 0. The second-order valence-corrected chi connectivity index (χ2v) is 4.19. The number of nitrogens with two attached hydrogens (primary N) is 1. The molecule has 0 saturated carbocycles. The topological polar surface area (TPSA) is 108 Å². The van der Waals surface area contributed by atoms with Gasteiger partial charge in [-0.3, -0.25) is 5.41 Å². The Morgan fingerprint density at radius 1 is 1.72 bits per heavy atom. The van der Waals surface area contributed by atoms with E-state index in [0.29, 0.717) is 36.9 Å². The summed E-state index contributed by atoms with van der Waals surface area (Å²) in [5.41, 5.74) is 6.05. The van der Waals surface area contributed by atoms with E-state index in [4.69, 9.17) is 21.0 Å². The Bertz CT molecular complexity index is 451. The van der Waals surface area contributed by atoms with Gasteiger partial charge in [0.05, 0.1) is 24.9 Å². The Morgan fingerprint density at radius 2 is 2.50 bits per heavy atom. The minimum absolute atomic E-state index is 0.0318. The van der Waals surface area contributed by atoms with Gasteiger partial charge in [-0.05, 0) is 6.92 Å². The molecule has 0 radical (unpaired) electrons. The maximum absolute atomic E-state index is 9.14. The SMILES string of the molecule is Cc1ncc(C(=N)N)c(N2CCOC(CO)C2)n1. The smallest absolute Gasteiger partial charge is 0.143 e. The zero-order chi connectivity index (χ0) is 13.1. The lowest BCUT2D eigenvalue weighted by molar-refractivity contribution is 0.00334. The molecule has 0 aromatic carbocycles. The van der Waals surface area contributed by atoms with Crippen molar-refractivity contribution in [1.29, 1.82) is 5.41 Å². The lowest BCUT2D eigenvalue weighted by atomic mass is 10.2. The lowest BCUT2D eigenvalue weighted by Crippen LogP contribution is -2.45. The van der Waals surface area contributed by atoms with Gasteiger partial charge in [-0.15, -0.1) is 0 Å². The molecule has 0 aliphatic carbocycles. The average Bonchev–Trinajstić information content (AvgIpc) is 2.38. The van der Waals surface area contributed by atoms with Crippen LogP contribution in [0.15, 0.2) is 6.20 Å². The number of ether oxygens (including phenoxy) is 1. The standard InChI is InChI=1S/C11H17N5O2/c1-7-14-4-9(10(12)13)11(15-7)16-2-3-18-8(5-16)6-17/h4,8,17H,2-3,5-6H2,1H3,(H3,12,13). The zero-order valence-corrected chi connectivity index (χ0v) is 10.3. The van der Waals surface area contributed by atoms with Crippen LogP contribution in [0.4, 0.5) is 5.82 Å². The first-order chi connectivity index (χ1) is 8.61. The van der Waals surface area contributed by atoms with Gasteiger partial charge in [0.2, 0.25) is 0 Å². The fourth-order valence-corrected chi connectivity index (χ4v) is 1.91. The molecule has 1 atom stereocenters. The molecule has 2 heterocycles. The number of aliphatic hydroxyl groups excluding tert-OH is 1. The summed E-state index contributed by atoms with van der Waals surface area (Å²) >= 11 is 0. The average molecular weight is 251 g/mol. The van der Waals surface area contributed by atoms with Gasteiger partial charge >= 0.3 is 0 Å². The summed E-state index contributed by atoms with van der Waals surface area (Å²) in [5.74, 6) is 1.20.